The monoisotopic (exact) mass is 142 g/mol. The van der Waals surface area contributed by atoms with E-state index < -0.39 is 0 Å². The van der Waals surface area contributed by atoms with E-state index in [1.54, 1.807) is 12.5 Å². The van der Waals surface area contributed by atoms with Crippen LogP contribution in [0.25, 0.3) is 0 Å². The molecule has 2 heterocycles. The van der Waals surface area contributed by atoms with Crippen molar-refractivity contribution in [1.29, 1.82) is 0 Å². The first kappa shape index (κ1) is 7.08. The van der Waals surface area contributed by atoms with E-state index in [0.29, 0.717) is 0 Å². The van der Waals surface area contributed by atoms with Crippen LogP contribution in [0.4, 0.5) is 0 Å². The molecule has 0 saturated carbocycles. The lowest BCUT2D eigenvalue weighted by molar-refractivity contribution is 0.168. The van der Waals surface area contributed by atoms with Gasteiger partial charge in [0.25, 0.3) is 0 Å². The molecule has 10 heavy (non-hydrogen) atoms. The second-order valence-electron chi connectivity index (χ2n) is 1.75. The van der Waals surface area contributed by atoms with Crippen LogP contribution in [-0.2, 0) is 9.68 Å². The van der Waals surface area contributed by atoms with E-state index >= 15 is 0 Å². The summed E-state index contributed by atoms with van der Waals surface area (Å²) in [5.41, 5.74) is 2.61. The Hall–Kier alpha value is -1.03. The Bertz CT molecular complexity index is 106. The molecule has 0 saturated heterocycles. The largest absolute Gasteiger partial charge is 0.417 e. The summed E-state index contributed by atoms with van der Waals surface area (Å²) in [6.07, 6.45) is 6.28. The maximum Gasteiger partial charge on any atom is 0.122 e. The molecule has 0 aromatic rings. The zero-order valence-corrected chi connectivity index (χ0v) is 5.62. The second-order valence-corrected chi connectivity index (χ2v) is 1.75. The zero-order chi connectivity index (χ0) is 7.07. The second kappa shape index (κ2) is 4.81. The van der Waals surface area contributed by atoms with Crippen molar-refractivity contribution in [2.24, 2.45) is 5.16 Å². The highest BCUT2D eigenvalue weighted by atomic mass is 16.6. The third kappa shape index (κ3) is 3.09. The topological polar surface area (TPSA) is 42.8 Å². The molecular formula is C6H10N2O2. The summed E-state index contributed by atoms with van der Waals surface area (Å²) in [4.78, 5) is 9.03. The highest BCUT2D eigenvalue weighted by molar-refractivity contribution is 5.57. The van der Waals surface area contributed by atoms with Crippen LogP contribution < -0.4 is 5.48 Å². The van der Waals surface area contributed by atoms with Gasteiger partial charge in [0.05, 0.1) is 6.54 Å². The first-order valence-corrected chi connectivity index (χ1v) is 3.17. The quantitative estimate of drug-likeness (QED) is 0.533. The zero-order valence-electron chi connectivity index (χ0n) is 5.62. The lowest BCUT2D eigenvalue weighted by Gasteiger charge is -1.82. The fourth-order valence-corrected chi connectivity index (χ4v) is 0.504. The predicted octanol–water partition coefficient (Wildman–Crippen LogP) is 0.427. The van der Waals surface area contributed by atoms with Gasteiger partial charge in [-0.15, -0.1) is 0 Å². The van der Waals surface area contributed by atoms with E-state index in [2.05, 4.69) is 20.3 Å². The predicted molar refractivity (Wildman–Crippen MR) is 37.3 cm³/mol. The Labute approximate surface area is 59.4 Å². The van der Waals surface area contributed by atoms with Crippen LogP contribution in [-0.4, -0.2) is 19.4 Å². The Morgan fingerprint density at radius 2 is 2.50 bits per heavy atom. The van der Waals surface area contributed by atoms with Gasteiger partial charge in [-0.2, -0.15) is 5.48 Å². The highest BCUT2D eigenvalue weighted by Crippen LogP contribution is 1.86. The van der Waals surface area contributed by atoms with Gasteiger partial charge in [-0.25, -0.2) is 0 Å². The Morgan fingerprint density at radius 1 is 1.50 bits per heavy atom. The van der Waals surface area contributed by atoms with Gasteiger partial charge < -0.3 is 9.68 Å². The fraction of sp³-hybridized carbons (Fsp3) is 0.500. The number of hydrogen-bond donors (Lipinski definition) is 1. The lowest BCUT2D eigenvalue weighted by atomic mass is 10.5. The SMILES string of the molecule is C1=CONC1.C1=NOCC1. The molecule has 4 nitrogen and oxygen atoms in total. The average molecular weight is 142 g/mol. The first-order valence-electron chi connectivity index (χ1n) is 3.17. The van der Waals surface area contributed by atoms with Crippen LogP contribution in [0.3, 0.4) is 0 Å². The highest BCUT2D eigenvalue weighted by Gasteiger charge is 1.86. The molecule has 0 radical (unpaired) electrons. The first-order chi connectivity index (χ1) is 5.00. The number of nitrogens with zero attached hydrogens (tertiary/aromatic N) is 1. The number of oxime groups is 1. The van der Waals surface area contributed by atoms with Gasteiger partial charge in [0, 0.05) is 12.6 Å². The molecule has 0 aliphatic carbocycles. The molecule has 0 aromatic heterocycles. The number of nitrogens with one attached hydrogen (secondary N) is 1. The number of hydrogen-bond acceptors (Lipinski definition) is 4. The summed E-state index contributed by atoms with van der Waals surface area (Å²) < 4.78 is 0. The van der Waals surface area contributed by atoms with Gasteiger partial charge in [0.15, 0.2) is 0 Å². The fourth-order valence-electron chi connectivity index (χ4n) is 0.504. The molecule has 56 valence electrons. The molecule has 4 heteroatoms. The van der Waals surface area contributed by atoms with E-state index in [-0.39, 0.29) is 0 Å². The molecule has 0 atom stereocenters. The van der Waals surface area contributed by atoms with Crippen molar-refractivity contribution < 1.29 is 9.68 Å². The van der Waals surface area contributed by atoms with E-state index in [4.69, 9.17) is 0 Å². The Kier molecular flexibility index (Phi) is 3.41. The standard InChI is InChI=1S/2C3H5NO/c2*1-2-4-5-3-1/h2H,1,3H2;1,3-4H,2H2. The van der Waals surface area contributed by atoms with Crippen LogP contribution in [0.2, 0.25) is 0 Å². The van der Waals surface area contributed by atoms with Gasteiger partial charge >= 0.3 is 0 Å². The van der Waals surface area contributed by atoms with E-state index in [1.807, 2.05) is 6.08 Å². The molecule has 0 aromatic carbocycles. The van der Waals surface area contributed by atoms with Gasteiger partial charge in [-0.05, 0) is 6.08 Å². The van der Waals surface area contributed by atoms with Crippen molar-refractivity contribution in [3.05, 3.63) is 12.3 Å². The van der Waals surface area contributed by atoms with Gasteiger partial charge in [-0.1, -0.05) is 5.16 Å². The molecule has 0 bridgehead atoms. The Balaban J connectivity index is 0.0000001000. The summed E-state index contributed by atoms with van der Waals surface area (Å²) >= 11 is 0. The maximum absolute atomic E-state index is 4.51. The molecule has 0 amide bonds. The molecule has 1 N–H and O–H groups in total. The number of rotatable bonds is 0. The number of hydroxylamine groups is 1. The molecule has 2 aliphatic rings. The van der Waals surface area contributed by atoms with Gasteiger partial charge in [-0.3, -0.25) is 0 Å². The normalized spacial score (nSPS) is 19.2. The molecule has 2 aliphatic heterocycles. The van der Waals surface area contributed by atoms with Gasteiger partial charge in [0.1, 0.15) is 12.9 Å². The molecule has 2 rings (SSSR count). The van der Waals surface area contributed by atoms with Crippen LogP contribution >= 0.6 is 0 Å². The van der Waals surface area contributed by atoms with Crippen LogP contribution in [0.5, 0.6) is 0 Å². The van der Waals surface area contributed by atoms with E-state index in [0.717, 1.165) is 19.6 Å². The minimum Gasteiger partial charge on any atom is -0.417 e. The summed E-state index contributed by atoms with van der Waals surface area (Å²) in [6.45, 7) is 1.62. The van der Waals surface area contributed by atoms with Crippen molar-refractivity contribution in [2.75, 3.05) is 13.2 Å². The van der Waals surface area contributed by atoms with Crippen molar-refractivity contribution in [1.82, 2.24) is 5.48 Å². The van der Waals surface area contributed by atoms with Crippen LogP contribution in [0.1, 0.15) is 6.42 Å². The van der Waals surface area contributed by atoms with Crippen LogP contribution in [0.15, 0.2) is 17.5 Å². The van der Waals surface area contributed by atoms with Gasteiger partial charge in [0.2, 0.25) is 0 Å². The van der Waals surface area contributed by atoms with E-state index in [9.17, 15) is 0 Å². The van der Waals surface area contributed by atoms with Crippen molar-refractivity contribution in [2.45, 2.75) is 6.42 Å². The van der Waals surface area contributed by atoms with Crippen molar-refractivity contribution in [3.8, 4) is 0 Å². The van der Waals surface area contributed by atoms with Crippen molar-refractivity contribution >= 4 is 6.21 Å². The third-order valence-electron chi connectivity index (χ3n) is 0.936. The molecule has 0 fully saturated rings. The third-order valence-corrected chi connectivity index (χ3v) is 0.936. The molecule has 0 unspecified atom stereocenters. The minimum absolute atomic E-state index is 0.778. The summed E-state index contributed by atoms with van der Waals surface area (Å²) in [6, 6.07) is 0. The summed E-state index contributed by atoms with van der Waals surface area (Å²) in [7, 11) is 0. The maximum atomic E-state index is 4.51. The Morgan fingerprint density at radius 3 is 2.70 bits per heavy atom. The minimum atomic E-state index is 0.778. The summed E-state index contributed by atoms with van der Waals surface area (Å²) in [5, 5.41) is 3.46. The van der Waals surface area contributed by atoms with Crippen LogP contribution in [0, 0.1) is 0 Å². The average Bonchev–Trinajstić information content (AvgIpc) is 2.67. The lowest BCUT2D eigenvalue weighted by Crippen LogP contribution is -2.02. The molecular weight excluding hydrogens is 132 g/mol. The van der Waals surface area contributed by atoms with E-state index in [1.165, 1.54) is 0 Å². The molecule has 0 spiro atoms. The smallest absolute Gasteiger partial charge is 0.122 e. The summed E-state index contributed by atoms with van der Waals surface area (Å²) in [5.74, 6) is 0. The van der Waals surface area contributed by atoms with Crippen molar-refractivity contribution in [3.63, 3.8) is 0 Å².